The van der Waals surface area contributed by atoms with Gasteiger partial charge < -0.3 is 14.5 Å². The molecule has 0 bridgehead atoms. The summed E-state index contributed by atoms with van der Waals surface area (Å²) in [6.07, 6.45) is 2.66. The molecule has 8 heteroatoms. The van der Waals surface area contributed by atoms with E-state index in [1.807, 2.05) is 0 Å². The van der Waals surface area contributed by atoms with Gasteiger partial charge in [0.1, 0.15) is 10.7 Å². The third-order valence-electron chi connectivity index (χ3n) is 3.43. The second-order valence-corrected chi connectivity index (χ2v) is 7.29. The molecule has 2 atom stereocenters. The average Bonchev–Trinajstić information content (AvgIpc) is 2.94. The molecule has 0 spiro atoms. The Balaban J connectivity index is 2.14. The fourth-order valence-electron chi connectivity index (χ4n) is 2.43. The molecule has 1 amide bonds. The monoisotopic (exact) mass is 321 g/mol. The normalized spacial score (nSPS) is 22.9. The Kier molecular flexibility index (Phi) is 4.41. The Labute approximate surface area is 121 Å². The lowest BCUT2D eigenvalue weighted by atomic mass is 10.2. The lowest BCUT2D eigenvalue weighted by Gasteiger charge is -2.18. The van der Waals surface area contributed by atoms with Crippen molar-refractivity contribution in [1.29, 1.82) is 0 Å². The summed E-state index contributed by atoms with van der Waals surface area (Å²) < 4.78 is 33.0. The quantitative estimate of drug-likeness (QED) is 0.855. The van der Waals surface area contributed by atoms with E-state index in [1.54, 1.807) is 7.11 Å². The number of nitrogens with one attached hydrogen (secondary N) is 1. The maximum Gasteiger partial charge on any atom is 0.287 e. The molecule has 1 N–H and O–H groups in total. The van der Waals surface area contributed by atoms with Crippen LogP contribution in [0.5, 0.6) is 0 Å². The molecule has 6 nitrogen and oxygen atoms in total. The zero-order valence-electron chi connectivity index (χ0n) is 11.2. The Hall–Kier alpha value is -1.05. The number of carbonyl (C=O) groups is 1. The topological polar surface area (TPSA) is 85.6 Å². The van der Waals surface area contributed by atoms with Crippen molar-refractivity contribution in [1.82, 2.24) is 5.32 Å². The first-order chi connectivity index (χ1) is 9.32. The highest BCUT2D eigenvalue weighted by Gasteiger charge is 2.30. The molecule has 20 heavy (non-hydrogen) atoms. The van der Waals surface area contributed by atoms with Crippen LogP contribution in [0.1, 0.15) is 35.6 Å². The van der Waals surface area contributed by atoms with Gasteiger partial charge >= 0.3 is 0 Å². The van der Waals surface area contributed by atoms with Crippen molar-refractivity contribution in [3.8, 4) is 0 Å². The zero-order valence-corrected chi connectivity index (χ0v) is 12.8. The molecule has 0 saturated heterocycles. The second-order valence-electron chi connectivity index (χ2n) is 4.75. The molecule has 1 aromatic rings. The number of carbonyl (C=O) groups excluding carboxylic acids is 1. The average molecular weight is 322 g/mol. The van der Waals surface area contributed by atoms with Crippen molar-refractivity contribution in [3.05, 3.63) is 17.6 Å². The van der Waals surface area contributed by atoms with Gasteiger partial charge in [-0.1, -0.05) is 0 Å². The predicted molar refractivity (Wildman–Crippen MR) is 72.4 cm³/mol. The standard InChI is InChI=1S/C12H16ClNO5S/c1-7-11(20(13,16)17)6-10(19-7)12(15)14-8-4-3-5-9(8)18-2/h6,8-9H,3-5H2,1-2H3,(H,14,15). The second kappa shape index (κ2) is 5.75. The van der Waals surface area contributed by atoms with E-state index in [0.29, 0.717) is 0 Å². The Bertz CT molecular complexity index is 609. The largest absolute Gasteiger partial charge is 0.455 e. The number of aryl methyl sites for hydroxylation is 1. The van der Waals surface area contributed by atoms with E-state index in [0.717, 1.165) is 25.3 Å². The first kappa shape index (κ1) is 15.3. The number of hydrogen-bond donors (Lipinski definition) is 1. The number of methoxy groups -OCH3 is 1. The van der Waals surface area contributed by atoms with Crippen LogP contribution in [0.25, 0.3) is 0 Å². The van der Waals surface area contributed by atoms with Crippen LogP contribution in [0.3, 0.4) is 0 Å². The van der Waals surface area contributed by atoms with E-state index in [-0.39, 0.29) is 28.6 Å². The molecule has 1 aliphatic rings. The van der Waals surface area contributed by atoms with Gasteiger partial charge in [0.15, 0.2) is 5.76 Å². The summed E-state index contributed by atoms with van der Waals surface area (Å²) in [5.41, 5.74) is 0. The number of ether oxygens (including phenoxy) is 1. The van der Waals surface area contributed by atoms with Gasteiger partial charge in [-0.05, 0) is 26.2 Å². The molecular weight excluding hydrogens is 306 g/mol. The fraction of sp³-hybridized carbons (Fsp3) is 0.583. The third-order valence-corrected chi connectivity index (χ3v) is 4.86. The molecule has 1 aromatic heterocycles. The molecule has 1 saturated carbocycles. The maximum absolute atomic E-state index is 12.1. The van der Waals surface area contributed by atoms with Crippen LogP contribution in [0, 0.1) is 6.92 Å². The molecule has 0 aromatic carbocycles. The highest BCUT2D eigenvalue weighted by molar-refractivity contribution is 8.13. The summed E-state index contributed by atoms with van der Waals surface area (Å²) in [4.78, 5) is 11.9. The Morgan fingerprint density at radius 2 is 2.20 bits per heavy atom. The highest BCUT2D eigenvalue weighted by atomic mass is 35.7. The van der Waals surface area contributed by atoms with Crippen LogP contribution in [-0.2, 0) is 13.8 Å². The van der Waals surface area contributed by atoms with Gasteiger partial charge in [0, 0.05) is 23.9 Å². The summed E-state index contributed by atoms with van der Waals surface area (Å²) in [7, 11) is 2.94. The molecular formula is C12H16ClNO5S. The highest BCUT2D eigenvalue weighted by Crippen LogP contribution is 2.25. The Morgan fingerprint density at radius 3 is 2.75 bits per heavy atom. The van der Waals surface area contributed by atoms with Crippen LogP contribution in [0.2, 0.25) is 0 Å². The number of furan rings is 1. The van der Waals surface area contributed by atoms with Crippen LogP contribution in [-0.4, -0.2) is 33.6 Å². The van der Waals surface area contributed by atoms with Crippen molar-refractivity contribution in [2.75, 3.05) is 7.11 Å². The van der Waals surface area contributed by atoms with E-state index in [2.05, 4.69) is 5.32 Å². The molecule has 0 aliphatic heterocycles. The lowest BCUT2D eigenvalue weighted by molar-refractivity contribution is 0.0705. The van der Waals surface area contributed by atoms with Crippen molar-refractivity contribution in [2.45, 2.75) is 43.2 Å². The van der Waals surface area contributed by atoms with Crippen molar-refractivity contribution >= 4 is 25.6 Å². The van der Waals surface area contributed by atoms with E-state index in [1.165, 1.54) is 6.92 Å². The van der Waals surface area contributed by atoms with Gasteiger partial charge in [0.25, 0.3) is 15.0 Å². The molecule has 2 unspecified atom stereocenters. The smallest absolute Gasteiger partial charge is 0.287 e. The van der Waals surface area contributed by atoms with E-state index in [9.17, 15) is 13.2 Å². The lowest BCUT2D eigenvalue weighted by Crippen LogP contribution is -2.40. The molecule has 1 heterocycles. The van der Waals surface area contributed by atoms with Gasteiger partial charge in [0.2, 0.25) is 0 Å². The van der Waals surface area contributed by atoms with Crippen LogP contribution >= 0.6 is 10.7 Å². The third kappa shape index (κ3) is 3.16. The molecule has 2 rings (SSSR count). The van der Waals surface area contributed by atoms with E-state index in [4.69, 9.17) is 19.8 Å². The van der Waals surface area contributed by atoms with Crippen molar-refractivity contribution < 1.29 is 22.4 Å². The van der Waals surface area contributed by atoms with E-state index < -0.39 is 15.0 Å². The molecule has 1 aliphatic carbocycles. The minimum Gasteiger partial charge on any atom is -0.455 e. The summed E-state index contributed by atoms with van der Waals surface area (Å²) in [6.45, 7) is 1.44. The number of hydrogen-bond acceptors (Lipinski definition) is 5. The van der Waals surface area contributed by atoms with Gasteiger partial charge in [0.05, 0.1) is 12.1 Å². The van der Waals surface area contributed by atoms with Gasteiger partial charge in [-0.2, -0.15) is 0 Å². The van der Waals surface area contributed by atoms with Gasteiger partial charge in [-0.3, -0.25) is 4.79 Å². The van der Waals surface area contributed by atoms with Crippen LogP contribution in [0.15, 0.2) is 15.4 Å². The minimum absolute atomic E-state index is 0.0220. The van der Waals surface area contributed by atoms with E-state index >= 15 is 0 Å². The summed E-state index contributed by atoms with van der Waals surface area (Å²) in [6, 6.07) is 1.05. The van der Waals surface area contributed by atoms with Crippen molar-refractivity contribution in [3.63, 3.8) is 0 Å². The maximum atomic E-state index is 12.1. The molecule has 112 valence electrons. The van der Waals surface area contributed by atoms with Crippen LogP contribution in [0.4, 0.5) is 0 Å². The minimum atomic E-state index is -3.92. The zero-order chi connectivity index (χ0) is 14.9. The van der Waals surface area contributed by atoms with Crippen LogP contribution < -0.4 is 5.32 Å². The summed E-state index contributed by atoms with van der Waals surface area (Å²) in [5.74, 6) is -0.433. The molecule has 0 radical (unpaired) electrons. The molecule has 1 fully saturated rings. The number of amides is 1. The Morgan fingerprint density at radius 1 is 1.50 bits per heavy atom. The SMILES string of the molecule is COC1CCCC1NC(=O)c1cc(S(=O)(=O)Cl)c(C)o1. The number of rotatable bonds is 4. The van der Waals surface area contributed by atoms with Gasteiger partial charge in [-0.15, -0.1) is 0 Å². The first-order valence-corrected chi connectivity index (χ1v) is 8.52. The fourth-order valence-corrected chi connectivity index (χ4v) is 3.52. The van der Waals surface area contributed by atoms with Crippen molar-refractivity contribution in [2.24, 2.45) is 0 Å². The first-order valence-electron chi connectivity index (χ1n) is 6.21. The summed E-state index contributed by atoms with van der Waals surface area (Å²) in [5, 5.41) is 2.79. The predicted octanol–water partition coefficient (Wildman–Crippen LogP) is 1.81. The summed E-state index contributed by atoms with van der Waals surface area (Å²) >= 11 is 0. The number of halogens is 1. The van der Waals surface area contributed by atoms with Gasteiger partial charge in [-0.25, -0.2) is 8.42 Å².